The minimum Gasteiger partial charge on any atom is -0.325 e. The van der Waals surface area contributed by atoms with Gasteiger partial charge in [-0.15, -0.1) is 0 Å². The van der Waals surface area contributed by atoms with Crippen LogP contribution in [0.1, 0.15) is 18.4 Å². The van der Waals surface area contributed by atoms with Crippen molar-refractivity contribution >= 4 is 11.6 Å². The average molecular weight is 261 g/mol. The first-order chi connectivity index (χ1) is 9.19. The average Bonchev–Trinajstić information content (AvgIpc) is 2.41. The number of nitrogens with one attached hydrogen (secondary N) is 2. The van der Waals surface area contributed by atoms with Crippen LogP contribution in [0.25, 0.3) is 0 Å². The topological polar surface area (TPSA) is 44.4 Å². The van der Waals surface area contributed by atoms with E-state index in [4.69, 9.17) is 0 Å². The normalized spacial score (nSPS) is 20.2. The van der Waals surface area contributed by atoms with Gasteiger partial charge < -0.3 is 10.6 Å². The summed E-state index contributed by atoms with van der Waals surface area (Å²) in [5.41, 5.74) is 2.01. The fourth-order valence-corrected chi connectivity index (χ4v) is 2.54. The molecule has 1 heterocycles. The fraction of sp³-hybridized carbons (Fsp3) is 0.533. The second-order valence-corrected chi connectivity index (χ2v) is 5.23. The molecule has 0 spiro atoms. The number of hydrogen-bond donors (Lipinski definition) is 2. The molecule has 1 saturated heterocycles. The molecule has 0 saturated carbocycles. The van der Waals surface area contributed by atoms with Crippen molar-refractivity contribution in [2.45, 2.75) is 25.8 Å². The molecule has 1 atom stereocenters. The Balaban J connectivity index is 1.86. The third-order valence-corrected chi connectivity index (χ3v) is 3.70. The molecule has 4 nitrogen and oxygen atoms in total. The van der Waals surface area contributed by atoms with Crippen LogP contribution in [0.3, 0.4) is 0 Å². The lowest BCUT2D eigenvalue weighted by Gasteiger charge is -2.31. The molecule has 2 rings (SSSR count). The van der Waals surface area contributed by atoms with Crippen molar-refractivity contribution in [1.29, 1.82) is 0 Å². The van der Waals surface area contributed by atoms with Crippen molar-refractivity contribution in [3.05, 3.63) is 29.8 Å². The van der Waals surface area contributed by atoms with E-state index in [0.29, 0.717) is 12.6 Å². The third kappa shape index (κ3) is 4.04. The minimum absolute atomic E-state index is 0.0750. The Bertz CT molecular complexity index is 433. The molecule has 2 N–H and O–H groups in total. The summed E-state index contributed by atoms with van der Waals surface area (Å²) < 4.78 is 0. The lowest BCUT2D eigenvalue weighted by Crippen LogP contribution is -2.46. The van der Waals surface area contributed by atoms with Gasteiger partial charge in [-0.05, 0) is 45.0 Å². The number of piperidine rings is 1. The van der Waals surface area contributed by atoms with E-state index in [-0.39, 0.29) is 5.91 Å². The van der Waals surface area contributed by atoms with Crippen LogP contribution in [0.2, 0.25) is 0 Å². The number of likely N-dealkylation sites (N-methyl/N-ethyl adjacent to an activating group) is 1. The summed E-state index contributed by atoms with van der Waals surface area (Å²) in [5.74, 6) is 0.0750. The highest BCUT2D eigenvalue weighted by Crippen LogP contribution is 2.14. The summed E-state index contributed by atoms with van der Waals surface area (Å²) in [7, 11) is 1.99. The molecule has 1 aliphatic heterocycles. The Labute approximate surface area is 115 Å². The molecule has 1 aliphatic rings. The van der Waals surface area contributed by atoms with Gasteiger partial charge in [0.05, 0.1) is 6.54 Å². The van der Waals surface area contributed by atoms with Gasteiger partial charge in [0.15, 0.2) is 0 Å². The number of likely N-dealkylation sites (tertiary alicyclic amines) is 1. The summed E-state index contributed by atoms with van der Waals surface area (Å²) in [6, 6.07) is 8.39. The molecule has 1 aromatic carbocycles. The predicted octanol–water partition coefficient (Wildman–Crippen LogP) is 1.62. The van der Waals surface area contributed by atoms with E-state index >= 15 is 0 Å². The van der Waals surface area contributed by atoms with Gasteiger partial charge in [-0.1, -0.05) is 18.2 Å². The first-order valence-corrected chi connectivity index (χ1v) is 6.94. The number of carbonyl (C=O) groups is 1. The minimum atomic E-state index is 0.0750. The van der Waals surface area contributed by atoms with Gasteiger partial charge in [-0.3, -0.25) is 9.69 Å². The molecule has 19 heavy (non-hydrogen) atoms. The van der Waals surface area contributed by atoms with E-state index in [1.165, 1.54) is 6.42 Å². The largest absolute Gasteiger partial charge is 0.325 e. The number of hydrogen-bond acceptors (Lipinski definition) is 3. The van der Waals surface area contributed by atoms with Crippen molar-refractivity contribution in [1.82, 2.24) is 10.2 Å². The second-order valence-electron chi connectivity index (χ2n) is 5.23. The lowest BCUT2D eigenvalue weighted by atomic mass is 10.1. The van der Waals surface area contributed by atoms with Crippen molar-refractivity contribution in [3.63, 3.8) is 0 Å². The van der Waals surface area contributed by atoms with Gasteiger partial charge in [0, 0.05) is 18.3 Å². The lowest BCUT2D eigenvalue weighted by molar-refractivity contribution is -0.117. The zero-order valence-corrected chi connectivity index (χ0v) is 11.8. The van der Waals surface area contributed by atoms with E-state index in [1.807, 2.05) is 38.2 Å². The van der Waals surface area contributed by atoms with Crippen LogP contribution in [0.5, 0.6) is 0 Å². The smallest absolute Gasteiger partial charge is 0.238 e. The molecule has 0 aliphatic carbocycles. The van der Waals surface area contributed by atoms with Crippen LogP contribution in [0.15, 0.2) is 24.3 Å². The van der Waals surface area contributed by atoms with E-state index < -0.39 is 0 Å². The Morgan fingerprint density at radius 2 is 2.21 bits per heavy atom. The number of rotatable bonds is 4. The summed E-state index contributed by atoms with van der Waals surface area (Å²) in [5, 5.41) is 6.28. The van der Waals surface area contributed by atoms with E-state index in [0.717, 1.165) is 30.8 Å². The van der Waals surface area contributed by atoms with Crippen LogP contribution >= 0.6 is 0 Å². The number of benzene rings is 1. The maximum Gasteiger partial charge on any atom is 0.238 e. The molecule has 1 aromatic rings. The maximum absolute atomic E-state index is 12.1. The first-order valence-electron chi connectivity index (χ1n) is 6.94. The molecule has 1 amide bonds. The quantitative estimate of drug-likeness (QED) is 0.865. The summed E-state index contributed by atoms with van der Waals surface area (Å²) in [4.78, 5) is 14.3. The van der Waals surface area contributed by atoms with Gasteiger partial charge in [-0.25, -0.2) is 0 Å². The number of para-hydroxylation sites is 1. The maximum atomic E-state index is 12.1. The number of amides is 1. The molecule has 0 radical (unpaired) electrons. The number of nitrogens with zero attached hydrogens (tertiary/aromatic N) is 1. The van der Waals surface area contributed by atoms with Gasteiger partial charge in [0.2, 0.25) is 5.91 Å². The molecular weight excluding hydrogens is 238 g/mol. The third-order valence-electron chi connectivity index (χ3n) is 3.70. The first kappa shape index (κ1) is 14.0. The van der Waals surface area contributed by atoms with Crippen LogP contribution in [0.4, 0.5) is 5.69 Å². The second kappa shape index (κ2) is 6.68. The SMILES string of the molecule is CNC1CCCN(CC(=O)Nc2ccccc2C)C1. The highest BCUT2D eigenvalue weighted by molar-refractivity contribution is 5.92. The number of carbonyl (C=O) groups excluding carboxylic acids is 1. The standard InChI is InChI=1S/C15H23N3O/c1-12-6-3-4-8-14(12)17-15(19)11-18-9-5-7-13(10-18)16-2/h3-4,6,8,13,16H,5,7,9-11H2,1-2H3,(H,17,19). The van der Waals surface area contributed by atoms with Crippen LogP contribution < -0.4 is 10.6 Å². The molecule has 4 heteroatoms. The van der Waals surface area contributed by atoms with Gasteiger partial charge in [0.25, 0.3) is 0 Å². The summed E-state index contributed by atoms with van der Waals surface area (Å²) >= 11 is 0. The van der Waals surface area contributed by atoms with E-state index in [2.05, 4.69) is 15.5 Å². The van der Waals surface area contributed by atoms with Gasteiger partial charge >= 0.3 is 0 Å². The Kier molecular flexibility index (Phi) is 4.93. The van der Waals surface area contributed by atoms with E-state index in [9.17, 15) is 4.79 Å². The van der Waals surface area contributed by atoms with Gasteiger partial charge in [0.1, 0.15) is 0 Å². The highest BCUT2D eigenvalue weighted by Gasteiger charge is 2.20. The predicted molar refractivity (Wildman–Crippen MR) is 78.3 cm³/mol. The fourth-order valence-electron chi connectivity index (χ4n) is 2.54. The van der Waals surface area contributed by atoms with Crippen LogP contribution in [0, 0.1) is 6.92 Å². The summed E-state index contributed by atoms with van der Waals surface area (Å²) in [6.45, 7) is 4.46. The molecule has 1 fully saturated rings. The summed E-state index contributed by atoms with van der Waals surface area (Å²) in [6.07, 6.45) is 2.36. The van der Waals surface area contributed by atoms with E-state index in [1.54, 1.807) is 0 Å². The zero-order valence-electron chi connectivity index (χ0n) is 11.8. The van der Waals surface area contributed by atoms with Crippen molar-refractivity contribution in [2.75, 3.05) is 32.0 Å². The van der Waals surface area contributed by atoms with Crippen molar-refractivity contribution in [2.24, 2.45) is 0 Å². The van der Waals surface area contributed by atoms with Gasteiger partial charge in [-0.2, -0.15) is 0 Å². The Morgan fingerprint density at radius 3 is 2.95 bits per heavy atom. The van der Waals surface area contributed by atoms with Crippen molar-refractivity contribution < 1.29 is 4.79 Å². The highest BCUT2D eigenvalue weighted by atomic mass is 16.2. The van der Waals surface area contributed by atoms with Crippen LogP contribution in [-0.2, 0) is 4.79 Å². The molecular formula is C15H23N3O. The van der Waals surface area contributed by atoms with Crippen LogP contribution in [-0.4, -0.2) is 43.5 Å². The zero-order chi connectivity index (χ0) is 13.7. The monoisotopic (exact) mass is 261 g/mol. The number of aryl methyl sites for hydroxylation is 1. The molecule has 1 unspecified atom stereocenters. The number of anilines is 1. The van der Waals surface area contributed by atoms with Crippen molar-refractivity contribution in [3.8, 4) is 0 Å². The molecule has 0 aromatic heterocycles. The Hall–Kier alpha value is -1.39. The Morgan fingerprint density at radius 1 is 1.42 bits per heavy atom. The molecule has 104 valence electrons. The molecule has 0 bridgehead atoms.